The molecule has 23 heavy (non-hydrogen) atoms. The molecule has 1 aliphatic carbocycles. The van der Waals surface area contributed by atoms with E-state index in [1.165, 1.54) is 12.1 Å². The maximum Gasteiger partial charge on any atom is 0.416 e. The van der Waals surface area contributed by atoms with Crippen LogP contribution < -0.4 is 11.1 Å². The quantitative estimate of drug-likeness (QED) is 0.815. The Balaban J connectivity index is 1.98. The van der Waals surface area contributed by atoms with Crippen molar-refractivity contribution in [3.63, 3.8) is 0 Å². The van der Waals surface area contributed by atoms with Crippen LogP contribution in [0.2, 0.25) is 0 Å². The molecule has 0 aliphatic heterocycles. The van der Waals surface area contributed by atoms with Crippen LogP contribution in [0.1, 0.15) is 30.4 Å². The molecule has 0 bridgehead atoms. The van der Waals surface area contributed by atoms with Crippen molar-refractivity contribution < 1.29 is 22.8 Å². The number of hydrogen-bond donors (Lipinski definition) is 2. The van der Waals surface area contributed by atoms with Crippen molar-refractivity contribution >= 4 is 11.8 Å². The second-order valence-electron chi connectivity index (χ2n) is 5.34. The second-order valence-corrected chi connectivity index (χ2v) is 5.34. The summed E-state index contributed by atoms with van der Waals surface area (Å²) in [6.45, 7) is 0. The van der Waals surface area contributed by atoms with Gasteiger partial charge in [0.25, 0.3) is 5.91 Å². The molecule has 1 aromatic rings. The predicted octanol–water partition coefficient (Wildman–Crippen LogP) is 1.83. The first-order valence-electron chi connectivity index (χ1n) is 7.06. The van der Waals surface area contributed by atoms with E-state index in [0.717, 1.165) is 18.6 Å². The van der Waals surface area contributed by atoms with Crippen LogP contribution >= 0.6 is 0 Å². The molecule has 3 N–H and O–H groups in total. The highest BCUT2D eigenvalue weighted by Gasteiger charge is 2.32. The molecular formula is C16H15F3N2O2. The Hall–Kier alpha value is -2.49. The summed E-state index contributed by atoms with van der Waals surface area (Å²) in [6, 6.07) is 3.88. The minimum absolute atomic E-state index is 0.297. The standard InChI is InChI=1S/C16H15F3N2O2/c17-16(18,19)11-7-4-10(5-8-11)6-9-14(22)21-13-3-1-2-12(13)15(20)23/h4-5,7-8,12-13H,1-3H2,(H2,20,23)(H,21,22). The topological polar surface area (TPSA) is 72.2 Å². The zero-order valence-electron chi connectivity index (χ0n) is 12.1. The number of benzene rings is 1. The van der Waals surface area contributed by atoms with Gasteiger partial charge >= 0.3 is 6.18 Å². The largest absolute Gasteiger partial charge is 0.416 e. The zero-order valence-corrected chi connectivity index (χ0v) is 12.1. The number of rotatable bonds is 2. The molecule has 1 fully saturated rings. The van der Waals surface area contributed by atoms with Crippen molar-refractivity contribution in [2.45, 2.75) is 31.5 Å². The van der Waals surface area contributed by atoms with E-state index in [1.807, 2.05) is 0 Å². The van der Waals surface area contributed by atoms with Gasteiger partial charge in [-0.1, -0.05) is 12.3 Å². The van der Waals surface area contributed by atoms with Crippen molar-refractivity contribution in [2.75, 3.05) is 0 Å². The molecule has 2 rings (SSSR count). The molecule has 1 saturated carbocycles. The van der Waals surface area contributed by atoms with Gasteiger partial charge in [-0.2, -0.15) is 13.2 Å². The van der Waals surface area contributed by atoms with Crippen LogP contribution in [-0.2, 0) is 15.8 Å². The fraction of sp³-hybridized carbons (Fsp3) is 0.375. The van der Waals surface area contributed by atoms with Gasteiger partial charge in [-0.15, -0.1) is 0 Å². The summed E-state index contributed by atoms with van der Waals surface area (Å²) in [5, 5.41) is 2.62. The fourth-order valence-electron chi connectivity index (χ4n) is 2.55. The van der Waals surface area contributed by atoms with Gasteiger partial charge in [0.05, 0.1) is 11.5 Å². The first-order chi connectivity index (χ1) is 10.8. The highest BCUT2D eigenvalue weighted by Crippen LogP contribution is 2.29. The van der Waals surface area contributed by atoms with E-state index >= 15 is 0 Å². The lowest BCUT2D eigenvalue weighted by Crippen LogP contribution is -2.41. The van der Waals surface area contributed by atoms with Crippen molar-refractivity contribution in [1.29, 1.82) is 0 Å². The molecule has 1 aliphatic rings. The smallest absolute Gasteiger partial charge is 0.369 e. The number of halogens is 3. The van der Waals surface area contributed by atoms with Gasteiger partial charge < -0.3 is 11.1 Å². The van der Waals surface area contributed by atoms with Gasteiger partial charge in [0.2, 0.25) is 5.91 Å². The number of nitrogens with two attached hydrogens (primary N) is 1. The molecule has 0 radical (unpaired) electrons. The Kier molecular flexibility index (Phi) is 4.94. The van der Waals surface area contributed by atoms with E-state index in [-0.39, 0.29) is 6.04 Å². The molecule has 0 saturated heterocycles. The summed E-state index contributed by atoms with van der Waals surface area (Å²) >= 11 is 0. The first kappa shape index (κ1) is 16.9. The number of primary amides is 1. The monoisotopic (exact) mass is 324 g/mol. The summed E-state index contributed by atoms with van der Waals surface area (Å²) in [6.07, 6.45) is -2.33. The maximum absolute atomic E-state index is 12.4. The Labute approximate surface area is 131 Å². The van der Waals surface area contributed by atoms with E-state index in [4.69, 9.17) is 5.73 Å². The molecule has 0 spiro atoms. The third kappa shape index (κ3) is 4.49. The number of alkyl halides is 3. The molecule has 2 unspecified atom stereocenters. The maximum atomic E-state index is 12.4. The van der Waals surface area contributed by atoms with Crippen LogP contribution in [0.5, 0.6) is 0 Å². The van der Waals surface area contributed by atoms with Crippen LogP contribution in [0.4, 0.5) is 13.2 Å². The van der Waals surface area contributed by atoms with Crippen LogP contribution in [0.3, 0.4) is 0 Å². The van der Waals surface area contributed by atoms with Crippen LogP contribution in [0.25, 0.3) is 0 Å². The molecule has 1 aromatic carbocycles. The van der Waals surface area contributed by atoms with Crippen molar-refractivity contribution in [1.82, 2.24) is 5.32 Å². The first-order valence-corrected chi connectivity index (χ1v) is 7.06. The summed E-state index contributed by atoms with van der Waals surface area (Å²) in [7, 11) is 0. The average Bonchev–Trinajstić information content (AvgIpc) is 2.93. The van der Waals surface area contributed by atoms with E-state index in [1.54, 1.807) is 0 Å². The minimum atomic E-state index is -4.41. The normalized spacial score (nSPS) is 20.5. The Morgan fingerprint density at radius 2 is 1.83 bits per heavy atom. The Morgan fingerprint density at radius 3 is 2.39 bits per heavy atom. The summed E-state index contributed by atoms with van der Waals surface area (Å²) < 4.78 is 37.3. The molecule has 122 valence electrons. The molecule has 2 atom stereocenters. The molecule has 2 amide bonds. The van der Waals surface area contributed by atoms with E-state index in [2.05, 4.69) is 17.2 Å². The average molecular weight is 324 g/mol. The number of nitrogens with one attached hydrogen (secondary N) is 1. The zero-order chi connectivity index (χ0) is 17.0. The number of carbonyl (C=O) groups excluding carboxylic acids is 2. The van der Waals surface area contributed by atoms with Gasteiger partial charge in [-0.3, -0.25) is 9.59 Å². The van der Waals surface area contributed by atoms with Crippen LogP contribution in [0, 0.1) is 17.8 Å². The lowest BCUT2D eigenvalue weighted by molar-refractivity contribution is -0.137. The van der Waals surface area contributed by atoms with Crippen molar-refractivity contribution in [3.05, 3.63) is 35.4 Å². The number of carbonyl (C=O) groups is 2. The van der Waals surface area contributed by atoms with Gasteiger partial charge in [0.1, 0.15) is 0 Å². The highest BCUT2D eigenvalue weighted by atomic mass is 19.4. The van der Waals surface area contributed by atoms with Gasteiger partial charge in [-0.05, 0) is 37.1 Å². The molecule has 7 heteroatoms. The van der Waals surface area contributed by atoms with E-state index in [9.17, 15) is 22.8 Å². The van der Waals surface area contributed by atoms with Gasteiger partial charge in [-0.25, -0.2) is 0 Å². The summed E-state index contributed by atoms with van der Waals surface area (Å²) in [5.74, 6) is 3.37. The van der Waals surface area contributed by atoms with E-state index in [0.29, 0.717) is 18.4 Å². The SMILES string of the molecule is NC(=O)C1CCCC1NC(=O)C#Cc1ccc(C(F)(F)F)cc1. The molecular weight excluding hydrogens is 309 g/mol. The second kappa shape index (κ2) is 6.73. The van der Waals surface area contributed by atoms with Crippen molar-refractivity contribution in [3.8, 4) is 11.8 Å². The van der Waals surface area contributed by atoms with Crippen molar-refractivity contribution in [2.24, 2.45) is 11.7 Å². The Morgan fingerprint density at radius 1 is 1.17 bits per heavy atom. The predicted molar refractivity (Wildman–Crippen MR) is 76.8 cm³/mol. The third-order valence-electron chi connectivity index (χ3n) is 3.73. The summed E-state index contributed by atoms with van der Waals surface area (Å²) in [5.41, 5.74) is 4.78. The third-order valence-corrected chi connectivity index (χ3v) is 3.73. The Bertz CT molecular complexity index is 657. The van der Waals surface area contributed by atoms with Crippen LogP contribution in [0.15, 0.2) is 24.3 Å². The minimum Gasteiger partial charge on any atom is -0.369 e. The highest BCUT2D eigenvalue weighted by molar-refractivity contribution is 5.94. The molecule has 4 nitrogen and oxygen atoms in total. The van der Waals surface area contributed by atoms with Gasteiger partial charge in [0.15, 0.2) is 0 Å². The number of hydrogen-bond acceptors (Lipinski definition) is 2. The molecule has 0 aromatic heterocycles. The lowest BCUT2D eigenvalue weighted by Gasteiger charge is -2.16. The van der Waals surface area contributed by atoms with E-state index < -0.39 is 29.5 Å². The lowest BCUT2D eigenvalue weighted by atomic mass is 10.0. The molecule has 0 heterocycles. The van der Waals surface area contributed by atoms with Gasteiger partial charge in [0, 0.05) is 17.5 Å². The summed E-state index contributed by atoms with van der Waals surface area (Å²) in [4.78, 5) is 23.0. The number of amides is 2. The van der Waals surface area contributed by atoms with Crippen LogP contribution in [-0.4, -0.2) is 17.9 Å². The fourth-order valence-corrected chi connectivity index (χ4v) is 2.55.